The van der Waals surface area contributed by atoms with E-state index in [4.69, 9.17) is 0 Å². The minimum Gasteiger partial charge on any atom is -0.469 e. The van der Waals surface area contributed by atoms with E-state index in [0.717, 1.165) is 25.2 Å². The number of sulfonamides is 1. The summed E-state index contributed by atoms with van der Waals surface area (Å²) >= 11 is 0. The monoisotopic (exact) mass is 341 g/mol. The fourth-order valence-corrected chi connectivity index (χ4v) is 2.64. The van der Waals surface area contributed by atoms with Crippen LogP contribution < -0.4 is 4.72 Å². The molecule has 0 saturated carbocycles. The van der Waals surface area contributed by atoms with Crippen LogP contribution in [-0.2, 0) is 29.1 Å². The van der Waals surface area contributed by atoms with Crippen LogP contribution in [0.5, 0.6) is 0 Å². The zero-order valence-corrected chi connectivity index (χ0v) is 13.9. The van der Waals surface area contributed by atoms with E-state index in [1.807, 2.05) is 19.1 Å². The fraction of sp³-hybridized carbons (Fsp3) is 0.333. The van der Waals surface area contributed by atoms with E-state index in [1.165, 1.54) is 6.08 Å². The summed E-state index contributed by atoms with van der Waals surface area (Å²) in [5, 5.41) is 0.922. The Balaban J connectivity index is 2.85. The summed E-state index contributed by atoms with van der Waals surface area (Å²) in [5.41, 5.74) is 1.73. The van der Waals surface area contributed by atoms with Crippen LogP contribution in [0.25, 0.3) is 6.08 Å². The molecule has 0 amide bonds. The second-order valence-electron chi connectivity index (χ2n) is 4.73. The highest BCUT2D eigenvalue weighted by molar-refractivity contribution is 7.92. The maximum absolute atomic E-state index is 12.0. The highest BCUT2D eigenvalue weighted by Crippen LogP contribution is 2.07. The van der Waals surface area contributed by atoms with Gasteiger partial charge in [0.2, 0.25) is 10.0 Å². The van der Waals surface area contributed by atoms with Gasteiger partial charge < -0.3 is 9.47 Å². The standard InChI is InChI=1S/C15H19NO6S/c1-11-4-6-12(7-5-11)8-9-23(19,20)16-13(15(18)22-3)10-14(17)21-2/h4-9,13,16H,10H2,1-3H3/b9-8+/t13-/m1/s1. The average molecular weight is 341 g/mol. The third kappa shape index (κ3) is 6.62. The van der Waals surface area contributed by atoms with Crippen molar-refractivity contribution in [2.24, 2.45) is 0 Å². The number of methoxy groups -OCH3 is 2. The lowest BCUT2D eigenvalue weighted by molar-refractivity contribution is -0.149. The summed E-state index contributed by atoms with van der Waals surface area (Å²) in [6.07, 6.45) is 0.926. The summed E-state index contributed by atoms with van der Waals surface area (Å²) in [6.45, 7) is 1.92. The molecule has 0 bridgehead atoms. The minimum atomic E-state index is -3.94. The highest BCUT2D eigenvalue weighted by Gasteiger charge is 2.27. The molecule has 0 unspecified atom stereocenters. The topological polar surface area (TPSA) is 98.8 Å². The van der Waals surface area contributed by atoms with Crippen molar-refractivity contribution in [3.63, 3.8) is 0 Å². The zero-order valence-electron chi connectivity index (χ0n) is 13.1. The number of nitrogens with one attached hydrogen (secondary N) is 1. The van der Waals surface area contributed by atoms with Crippen molar-refractivity contribution in [3.05, 3.63) is 40.8 Å². The smallest absolute Gasteiger partial charge is 0.324 e. The van der Waals surface area contributed by atoms with Crippen molar-refractivity contribution < 1.29 is 27.5 Å². The molecule has 126 valence electrons. The van der Waals surface area contributed by atoms with E-state index in [9.17, 15) is 18.0 Å². The number of ether oxygens (including phenoxy) is 2. The third-order valence-electron chi connectivity index (χ3n) is 2.91. The van der Waals surface area contributed by atoms with Crippen LogP contribution in [0, 0.1) is 6.92 Å². The predicted molar refractivity (Wildman–Crippen MR) is 84.7 cm³/mol. The second-order valence-corrected chi connectivity index (χ2v) is 6.33. The zero-order chi connectivity index (χ0) is 17.5. The predicted octanol–water partition coefficient (Wildman–Crippen LogP) is 0.990. The largest absolute Gasteiger partial charge is 0.469 e. The van der Waals surface area contributed by atoms with Gasteiger partial charge in [0, 0.05) is 5.41 Å². The van der Waals surface area contributed by atoms with Crippen molar-refractivity contribution in [2.45, 2.75) is 19.4 Å². The first kappa shape index (κ1) is 18.9. The number of esters is 2. The van der Waals surface area contributed by atoms with Crippen molar-refractivity contribution in [2.75, 3.05) is 14.2 Å². The van der Waals surface area contributed by atoms with E-state index >= 15 is 0 Å². The summed E-state index contributed by atoms with van der Waals surface area (Å²) < 4.78 is 35.0. The van der Waals surface area contributed by atoms with Crippen molar-refractivity contribution in [3.8, 4) is 0 Å². The number of hydrogen-bond donors (Lipinski definition) is 1. The lowest BCUT2D eigenvalue weighted by Crippen LogP contribution is -2.42. The van der Waals surface area contributed by atoms with Crippen LogP contribution in [0.15, 0.2) is 29.7 Å². The number of carbonyl (C=O) groups excluding carboxylic acids is 2. The van der Waals surface area contributed by atoms with E-state index in [2.05, 4.69) is 14.2 Å². The van der Waals surface area contributed by atoms with Crippen LogP contribution >= 0.6 is 0 Å². The van der Waals surface area contributed by atoms with Gasteiger partial charge in [0.1, 0.15) is 6.04 Å². The molecular formula is C15H19NO6S. The maximum Gasteiger partial charge on any atom is 0.324 e. The minimum absolute atomic E-state index is 0.458. The van der Waals surface area contributed by atoms with E-state index in [0.29, 0.717) is 5.56 Å². The Bertz CT molecular complexity index is 678. The number of rotatable bonds is 7. The number of carbonyl (C=O) groups is 2. The molecule has 1 aromatic carbocycles. The van der Waals surface area contributed by atoms with E-state index in [1.54, 1.807) is 12.1 Å². The maximum atomic E-state index is 12.0. The molecule has 23 heavy (non-hydrogen) atoms. The third-order valence-corrected chi connectivity index (χ3v) is 4.02. The molecule has 0 radical (unpaired) electrons. The number of hydrogen-bond acceptors (Lipinski definition) is 6. The molecule has 8 heteroatoms. The van der Waals surface area contributed by atoms with Crippen LogP contribution in [0.4, 0.5) is 0 Å². The van der Waals surface area contributed by atoms with Gasteiger partial charge >= 0.3 is 11.9 Å². The Hall–Kier alpha value is -2.19. The molecule has 0 saturated heterocycles. The summed E-state index contributed by atoms with van der Waals surface area (Å²) in [7, 11) is -1.70. The van der Waals surface area contributed by atoms with E-state index < -0.39 is 34.4 Å². The Kier molecular flexibility index (Phi) is 6.92. The van der Waals surface area contributed by atoms with Crippen molar-refractivity contribution in [1.29, 1.82) is 0 Å². The van der Waals surface area contributed by atoms with Gasteiger partial charge in [0.25, 0.3) is 0 Å². The molecule has 0 aliphatic heterocycles. The molecule has 1 N–H and O–H groups in total. The molecule has 0 spiro atoms. The van der Waals surface area contributed by atoms with Gasteiger partial charge in [-0.1, -0.05) is 29.8 Å². The van der Waals surface area contributed by atoms with Crippen LogP contribution in [-0.4, -0.2) is 40.6 Å². The van der Waals surface area contributed by atoms with E-state index in [-0.39, 0.29) is 0 Å². The summed E-state index contributed by atoms with van der Waals surface area (Å²) in [6, 6.07) is 5.85. The fourth-order valence-electron chi connectivity index (χ4n) is 1.65. The van der Waals surface area contributed by atoms with Gasteiger partial charge in [-0.3, -0.25) is 9.59 Å². The second kappa shape index (κ2) is 8.44. The normalized spacial score (nSPS) is 12.8. The first-order chi connectivity index (χ1) is 10.8. The van der Waals surface area contributed by atoms with Crippen LogP contribution in [0.2, 0.25) is 0 Å². The van der Waals surface area contributed by atoms with Gasteiger partial charge in [-0.15, -0.1) is 0 Å². The molecule has 0 aliphatic rings. The van der Waals surface area contributed by atoms with Crippen LogP contribution in [0.1, 0.15) is 17.5 Å². The van der Waals surface area contributed by atoms with Gasteiger partial charge in [-0.05, 0) is 18.6 Å². The first-order valence-electron chi connectivity index (χ1n) is 6.69. The molecule has 1 rings (SSSR count). The highest BCUT2D eigenvalue weighted by atomic mass is 32.2. The number of benzene rings is 1. The Morgan fingerprint density at radius 1 is 1.17 bits per heavy atom. The van der Waals surface area contributed by atoms with Gasteiger partial charge in [-0.25, -0.2) is 8.42 Å². The average Bonchev–Trinajstić information content (AvgIpc) is 2.52. The lowest BCUT2D eigenvalue weighted by atomic mass is 10.2. The Morgan fingerprint density at radius 2 is 1.78 bits per heavy atom. The van der Waals surface area contributed by atoms with Crippen molar-refractivity contribution >= 4 is 28.0 Å². The summed E-state index contributed by atoms with van der Waals surface area (Å²) in [5.74, 6) is -1.60. The summed E-state index contributed by atoms with van der Waals surface area (Å²) in [4.78, 5) is 22.8. The first-order valence-corrected chi connectivity index (χ1v) is 8.24. The molecule has 1 aromatic rings. The SMILES string of the molecule is COC(=O)C[C@@H](NS(=O)(=O)/C=C/c1ccc(C)cc1)C(=O)OC. The Labute approximate surface area is 135 Å². The van der Waals surface area contributed by atoms with Gasteiger partial charge in [-0.2, -0.15) is 4.72 Å². The molecule has 0 heterocycles. The van der Waals surface area contributed by atoms with Crippen LogP contribution in [0.3, 0.4) is 0 Å². The molecule has 0 fully saturated rings. The van der Waals surface area contributed by atoms with Crippen molar-refractivity contribution in [1.82, 2.24) is 4.72 Å². The number of aryl methyl sites for hydroxylation is 1. The molecule has 0 aromatic heterocycles. The van der Waals surface area contributed by atoms with Gasteiger partial charge in [0.15, 0.2) is 0 Å². The molecular weight excluding hydrogens is 322 g/mol. The molecule has 7 nitrogen and oxygen atoms in total. The molecule has 1 atom stereocenters. The van der Waals surface area contributed by atoms with Gasteiger partial charge in [0.05, 0.1) is 20.6 Å². The molecule has 0 aliphatic carbocycles. The quantitative estimate of drug-likeness (QED) is 0.743. The Morgan fingerprint density at radius 3 is 2.30 bits per heavy atom. The lowest BCUT2D eigenvalue weighted by Gasteiger charge is -2.13.